The monoisotopic (exact) mass is 378 g/mol. The molecule has 1 heterocycles. The van der Waals surface area contributed by atoms with Crippen molar-refractivity contribution in [2.24, 2.45) is 5.92 Å². The summed E-state index contributed by atoms with van der Waals surface area (Å²) >= 11 is 6.10. The second-order valence-corrected chi connectivity index (χ2v) is 8.33. The largest absolute Gasteiger partial charge is 0.491 e. The van der Waals surface area contributed by atoms with Crippen molar-refractivity contribution in [1.82, 2.24) is 10.3 Å². The maximum Gasteiger partial charge on any atom is 0.408 e. The molecule has 1 aromatic carbocycles. The molecule has 1 aromatic heterocycles. The number of fused-ring (bicyclic) bond motifs is 1. The lowest BCUT2D eigenvalue weighted by atomic mass is 9.89. The number of hydrogen-bond acceptors (Lipinski definition) is 4. The number of amides is 1. The summed E-state index contributed by atoms with van der Waals surface area (Å²) in [5, 5.41) is 5.24. The van der Waals surface area contributed by atoms with E-state index in [0.29, 0.717) is 17.5 Å². The van der Waals surface area contributed by atoms with Gasteiger partial charge in [0.25, 0.3) is 0 Å². The molecule has 1 amide bonds. The van der Waals surface area contributed by atoms with Crippen LogP contribution in [0.5, 0.6) is 5.75 Å². The number of nitrogens with one attached hydrogen (secondary N) is 1. The van der Waals surface area contributed by atoms with Gasteiger partial charge in [-0.25, -0.2) is 9.78 Å². The Morgan fingerprint density at radius 1 is 1.23 bits per heavy atom. The molecule has 142 valence electrons. The summed E-state index contributed by atoms with van der Waals surface area (Å²) in [7, 11) is 0. The number of hydrogen-bond donors (Lipinski definition) is 1. The molecule has 1 unspecified atom stereocenters. The molecule has 2 rings (SSSR count). The van der Waals surface area contributed by atoms with Crippen LogP contribution in [0, 0.1) is 5.92 Å². The van der Waals surface area contributed by atoms with Crippen LogP contribution in [0.4, 0.5) is 4.79 Å². The smallest absolute Gasteiger partial charge is 0.408 e. The van der Waals surface area contributed by atoms with E-state index in [1.54, 1.807) is 6.20 Å². The van der Waals surface area contributed by atoms with Gasteiger partial charge in [-0.15, -0.1) is 0 Å². The molecule has 0 aliphatic heterocycles. The highest BCUT2D eigenvalue weighted by molar-refractivity contribution is 6.34. The number of ether oxygens (including phenoxy) is 2. The lowest BCUT2D eigenvalue weighted by Crippen LogP contribution is -2.55. The first-order valence-electron chi connectivity index (χ1n) is 8.68. The Morgan fingerprint density at radius 3 is 2.54 bits per heavy atom. The van der Waals surface area contributed by atoms with E-state index >= 15 is 0 Å². The van der Waals surface area contributed by atoms with Crippen molar-refractivity contribution in [3.8, 4) is 5.75 Å². The summed E-state index contributed by atoms with van der Waals surface area (Å²) in [4.78, 5) is 16.3. The first kappa shape index (κ1) is 20.3. The van der Waals surface area contributed by atoms with Crippen molar-refractivity contribution >= 4 is 28.5 Å². The van der Waals surface area contributed by atoms with Gasteiger partial charge < -0.3 is 14.8 Å². The molecular formula is C20H27ClN2O3. The van der Waals surface area contributed by atoms with Gasteiger partial charge in [0.1, 0.15) is 23.1 Å². The van der Waals surface area contributed by atoms with E-state index in [2.05, 4.69) is 10.3 Å². The molecule has 1 N–H and O–H groups in total. The van der Waals surface area contributed by atoms with E-state index in [1.807, 2.05) is 65.8 Å². The van der Waals surface area contributed by atoms with Crippen LogP contribution >= 0.6 is 11.6 Å². The molecule has 0 saturated carbocycles. The van der Waals surface area contributed by atoms with Gasteiger partial charge in [-0.1, -0.05) is 25.4 Å². The van der Waals surface area contributed by atoms with Gasteiger partial charge in [0.15, 0.2) is 0 Å². The Kier molecular flexibility index (Phi) is 6.02. The van der Waals surface area contributed by atoms with Gasteiger partial charge in [0, 0.05) is 11.6 Å². The standard InChI is InChI=1S/C20H27ClN2O3/c1-13(2)20(6,23-18(24)26-19(3,4)5)12-25-15-7-8-16-14(11-15)9-10-22-17(16)21/h7-11,13H,12H2,1-6H3,(H,23,24). The quantitative estimate of drug-likeness (QED) is 0.726. The van der Waals surface area contributed by atoms with Gasteiger partial charge in [0.2, 0.25) is 0 Å². The summed E-state index contributed by atoms with van der Waals surface area (Å²) < 4.78 is 11.4. The van der Waals surface area contributed by atoms with Crippen LogP contribution in [0.15, 0.2) is 30.5 Å². The van der Waals surface area contributed by atoms with Gasteiger partial charge in [0.05, 0.1) is 5.54 Å². The Balaban J connectivity index is 2.11. The SMILES string of the molecule is CC(C)C(C)(COc1ccc2c(Cl)nccc2c1)NC(=O)OC(C)(C)C. The van der Waals surface area contributed by atoms with Gasteiger partial charge in [-0.05, 0) is 63.3 Å². The molecule has 0 aliphatic rings. The minimum Gasteiger partial charge on any atom is -0.491 e. The number of benzene rings is 1. The van der Waals surface area contributed by atoms with E-state index in [-0.39, 0.29) is 5.92 Å². The molecule has 0 bridgehead atoms. The van der Waals surface area contributed by atoms with Crippen LogP contribution < -0.4 is 10.1 Å². The number of aromatic nitrogens is 1. The lowest BCUT2D eigenvalue weighted by Gasteiger charge is -2.35. The zero-order valence-electron chi connectivity index (χ0n) is 16.2. The third-order valence-corrected chi connectivity index (χ3v) is 4.59. The molecule has 26 heavy (non-hydrogen) atoms. The van der Waals surface area contributed by atoms with E-state index in [0.717, 1.165) is 10.8 Å². The van der Waals surface area contributed by atoms with E-state index in [1.165, 1.54) is 0 Å². The first-order valence-corrected chi connectivity index (χ1v) is 9.06. The highest BCUT2D eigenvalue weighted by atomic mass is 35.5. The molecule has 2 aromatic rings. The molecule has 0 fully saturated rings. The highest BCUT2D eigenvalue weighted by Crippen LogP contribution is 2.26. The fraction of sp³-hybridized carbons (Fsp3) is 0.500. The molecule has 5 nitrogen and oxygen atoms in total. The van der Waals surface area contributed by atoms with Crippen LogP contribution in [-0.4, -0.2) is 28.8 Å². The average Bonchev–Trinajstić information content (AvgIpc) is 2.51. The maximum atomic E-state index is 12.2. The Bertz CT molecular complexity index is 786. The van der Waals surface area contributed by atoms with Crippen molar-refractivity contribution in [2.75, 3.05) is 6.61 Å². The molecule has 6 heteroatoms. The predicted octanol–water partition coefficient (Wildman–Crippen LogP) is 5.21. The zero-order valence-corrected chi connectivity index (χ0v) is 17.0. The normalized spacial score (nSPS) is 14.2. The minimum absolute atomic E-state index is 0.147. The molecular weight excluding hydrogens is 352 g/mol. The molecule has 0 aliphatic carbocycles. The van der Waals surface area contributed by atoms with Crippen LogP contribution in [-0.2, 0) is 4.74 Å². The van der Waals surface area contributed by atoms with E-state index < -0.39 is 17.2 Å². The van der Waals surface area contributed by atoms with Gasteiger partial charge in [-0.3, -0.25) is 0 Å². The summed E-state index contributed by atoms with van der Waals surface area (Å²) in [6, 6.07) is 7.53. The van der Waals surface area contributed by atoms with Crippen molar-refractivity contribution in [3.63, 3.8) is 0 Å². The predicted molar refractivity (Wildman–Crippen MR) is 105 cm³/mol. The van der Waals surface area contributed by atoms with Crippen molar-refractivity contribution in [1.29, 1.82) is 0 Å². The summed E-state index contributed by atoms with van der Waals surface area (Å²) in [5.74, 6) is 0.853. The fourth-order valence-corrected chi connectivity index (χ4v) is 2.55. The molecule has 0 spiro atoms. The topological polar surface area (TPSA) is 60.5 Å². The number of carbonyl (C=O) groups is 1. The van der Waals surface area contributed by atoms with E-state index in [4.69, 9.17) is 21.1 Å². The van der Waals surface area contributed by atoms with Crippen LogP contribution in [0.2, 0.25) is 5.15 Å². The second-order valence-electron chi connectivity index (χ2n) is 7.97. The number of halogens is 1. The highest BCUT2D eigenvalue weighted by Gasteiger charge is 2.33. The third kappa shape index (κ3) is 5.24. The lowest BCUT2D eigenvalue weighted by molar-refractivity contribution is 0.0378. The number of nitrogens with zero attached hydrogens (tertiary/aromatic N) is 1. The summed E-state index contributed by atoms with van der Waals surface area (Å²) in [5.41, 5.74) is -1.12. The summed E-state index contributed by atoms with van der Waals surface area (Å²) in [6.07, 6.45) is 1.21. The third-order valence-electron chi connectivity index (χ3n) is 4.29. The maximum absolute atomic E-state index is 12.2. The average molecular weight is 379 g/mol. The summed E-state index contributed by atoms with van der Waals surface area (Å²) in [6.45, 7) is 11.8. The fourth-order valence-electron chi connectivity index (χ4n) is 2.33. The number of alkyl carbamates (subject to hydrolysis) is 1. The van der Waals surface area contributed by atoms with Crippen LogP contribution in [0.1, 0.15) is 41.5 Å². The minimum atomic E-state index is -0.576. The number of carbonyl (C=O) groups excluding carboxylic acids is 1. The number of pyridine rings is 1. The Morgan fingerprint density at radius 2 is 1.92 bits per heavy atom. The first-order chi connectivity index (χ1) is 12.0. The van der Waals surface area contributed by atoms with Crippen LogP contribution in [0.25, 0.3) is 10.8 Å². The molecule has 0 radical (unpaired) electrons. The Hall–Kier alpha value is -2.01. The van der Waals surface area contributed by atoms with Gasteiger partial charge in [-0.2, -0.15) is 0 Å². The van der Waals surface area contributed by atoms with Gasteiger partial charge >= 0.3 is 6.09 Å². The van der Waals surface area contributed by atoms with Crippen molar-refractivity contribution < 1.29 is 14.3 Å². The molecule has 0 saturated heterocycles. The van der Waals surface area contributed by atoms with Crippen LogP contribution in [0.3, 0.4) is 0 Å². The van der Waals surface area contributed by atoms with Crippen molar-refractivity contribution in [3.05, 3.63) is 35.6 Å². The number of rotatable bonds is 5. The molecule has 1 atom stereocenters. The second kappa shape index (κ2) is 7.70. The van der Waals surface area contributed by atoms with E-state index in [9.17, 15) is 4.79 Å². The van der Waals surface area contributed by atoms with Crippen molar-refractivity contribution in [2.45, 2.75) is 52.7 Å². The zero-order chi connectivity index (χ0) is 19.5. The Labute approximate surface area is 160 Å².